The van der Waals surface area contributed by atoms with E-state index in [1.165, 1.54) is 11.1 Å². The van der Waals surface area contributed by atoms with Crippen LogP contribution in [0.15, 0.2) is 24.3 Å². The van der Waals surface area contributed by atoms with Crippen molar-refractivity contribution in [1.82, 2.24) is 5.32 Å². The Bertz CT molecular complexity index is 350. The Morgan fingerprint density at radius 3 is 2.44 bits per heavy atom. The van der Waals surface area contributed by atoms with Crippen LogP contribution < -0.4 is 5.32 Å². The van der Waals surface area contributed by atoms with Crippen LogP contribution in [0.2, 0.25) is 0 Å². The minimum absolute atomic E-state index is 0.120. The maximum Gasteiger partial charge on any atom is 0.0750 e. The van der Waals surface area contributed by atoms with Gasteiger partial charge in [0, 0.05) is 26.8 Å². The summed E-state index contributed by atoms with van der Waals surface area (Å²) in [6.07, 6.45) is 0. The molecule has 0 bridgehead atoms. The first kappa shape index (κ1) is 15.2. The van der Waals surface area contributed by atoms with Crippen molar-refractivity contribution in [2.75, 3.05) is 20.3 Å². The number of benzene rings is 1. The largest absolute Gasteiger partial charge is 0.380 e. The molecule has 102 valence electrons. The van der Waals surface area contributed by atoms with Gasteiger partial charge in [0.25, 0.3) is 0 Å². The first-order valence-electron chi connectivity index (χ1n) is 6.49. The van der Waals surface area contributed by atoms with Crippen LogP contribution in [-0.4, -0.2) is 25.9 Å². The van der Waals surface area contributed by atoms with Crippen molar-refractivity contribution >= 4 is 0 Å². The smallest absolute Gasteiger partial charge is 0.0750 e. The summed E-state index contributed by atoms with van der Waals surface area (Å²) in [5.41, 5.74) is 2.40. The van der Waals surface area contributed by atoms with Crippen LogP contribution in [-0.2, 0) is 22.6 Å². The van der Waals surface area contributed by atoms with Crippen LogP contribution in [0.1, 0.15) is 31.9 Å². The van der Waals surface area contributed by atoms with E-state index in [4.69, 9.17) is 9.47 Å². The number of hydrogen-bond acceptors (Lipinski definition) is 3. The zero-order chi connectivity index (χ0) is 13.4. The van der Waals surface area contributed by atoms with E-state index in [1.807, 2.05) is 13.0 Å². The maximum atomic E-state index is 5.66. The average Bonchev–Trinajstić information content (AvgIpc) is 2.31. The fourth-order valence-corrected chi connectivity index (χ4v) is 1.97. The van der Waals surface area contributed by atoms with E-state index in [-0.39, 0.29) is 5.60 Å². The molecule has 0 saturated carbocycles. The summed E-state index contributed by atoms with van der Waals surface area (Å²) in [6.45, 7) is 9.31. The molecule has 0 amide bonds. The van der Waals surface area contributed by atoms with Crippen LogP contribution in [0.3, 0.4) is 0 Å². The van der Waals surface area contributed by atoms with Gasteiger partial charge in [-0.05, 0) is 31.9 Å². The number of hydrogen-bond donors (Lipinski definition) is 1. The lowest BCUT2D eigenvalue weighted by atomic mass is 10.1. The minimum Gasteiger partial charge on any atom is -0.380 e. The highest BCUT2D eigenvalue weighted by Crippen LogP contribution is 2.11. The Labute approximate surface area is 110 Å². The van der Waals surface area contributed by atoms with Gasteiger partial charge >= 0.3 is 0 Å². The number of methoxy groups -OCH3 is 1. The van der Waals surface area contributed by atoms with E-state index in [0.29, 0.717) is 6.61 Å². The standard InChI is InChI=1S/C15H25NO2/c1-5-18-15(2,3)12-16-10-13-8-6-7-9-14(13)11-17-4/h6-9,16H,5,10-12H2,1-4H3. The molecule has 0 aliphatic heterocycles. The molecule has 0 fully saturated rings. The van der Waals surface area contributed by atoms with Gasteiger partial charge in [-0.15, -0.1) is 0 Å². The normalized spacial score (nSPS) is 11.8. The summed E-state index contributed by atoms with van der Waals surface area (Å²) in [4.78, 5) is 0. The van der Waals surface area contributed by atoms with Gasteiger partial charge in [0.15, 0.2) is 0 Å². The second-order valence-electron chi connectivity index (χ2n) is 5.00. The van der Waals surface area contributed by atoms with Crippen LogP contribution in [0.4, 0.5) is 0 Å². The molecule has 0 unspecified atom stereocenters. The van der Waals surface area contributed by atoms with Gasteiger partial charge in [0.2, 0.25) is 0 Å². The van der Waals surface area contributed by atoms with Crippen LogP contribution in [0, 0.1) is 0 Å². The minimum atomic E-state index is -0.120. The van der Waals surface area contributed by atoms with E-state index in [2.05, 4.69) is 37.4 Å². The lowest BCUT2D eigenvalue weighted by Crippen LogP contribution is -2.37. The maximum absolute atomic E-state index is 5.66. The molecular formula is C15H25NO2. The monoisotopic (exact) mass is 251 g/mol. The predicted molar refractivity (Wildman–Crippen MR) is 74.6 cm³/mol. The third kappa shape index (κ3) is 5.17. The van der Waals surface area contributed by atoms with Crippen molar-refractivity contribution in [2.45, 2.75) is 39.5 Å². The van der Waals surface area contributed by atoms with Crippen LogP contribution in [0.25, 0.3) is 0 Å². The molecule has 1 N–H and O–H groups in total. The van der Waals surface area contributed by atoms with Gasteiger partial charge in [-0.2, -0.15) is 0 Å². The second-order valence-corrected chi connectivity index (χ2v) is 5.00. The SMILES string of the molecule is CCOC(C)(C)CNCc1ccccc1COC. The molecule has 0 aromatic heterocycles. The molecule has 3 nitrogen and oxygen atoms in total. The van der Waals surface area contributed by atoms with Gasteiger partial charge < -0.3 is 14.8 Å². The van der Waals surface area contributed by atoms with E-state index in [0.717, 1.165) is 19.7 Å². The molecule has 0 saturated heterocycles. The van der Waals surface area contributed by atoms with E-state index in [1.54, 1.807) is 7.11 Å². The summed E-state index contributed by atoms with van der Waals surface area (Å²) in [6, 6.07) is 8.34. The molecule has 0 heterocycles. The van der Waals surface area contributed by atoms with Gasteiger partial charge in [-0.3, -0.25) is 0 Å². The molecule has 0 aliphatic carbocycles. The summed E-state index contributed by atoms with van der Waals surface area (Å²) in [7, 11) is 1.72. The lowest BCUT2D eigenvalue weighted by Gasteiger charge is -2.25. The van der Waals surface area contributed by atoms with Crippen molar-refractivity contribution < 1.29 is 9.47 Å². The number of nitrogens with one attached hydrogen (secondary N) is 1. The lowest BCUT2D eigenvalue weighted by molar-refractivity contribution is -0.00899. The average molecular weight is 251 g/mol. The van der Waals surface area contributed by atoms with Crippen LogP contribution in [0.5, 0.6) is 0 Å². The molecule has 0 aliphatic rings. The number of ether oxygens (including phenoxy) is 2. The fraction of sp³-hybridized carbons (Fsp3) is 0.600. The van der Waals surface area contributed by atoms with Crippen molar-refractivity contribution in [3.05, 3.63) is 35.4 Å². The first-order chi connectivity index (χ1) is 8.59. The van der Waals surface area contributed by atoms with Crippen molar-refractivity contribution in [3.8, 4) is 0 Å². The molecule has 3 heteroatoms. The Kier molecular flexibility index (Phi) is 6.33. The van der Waals surface area contributed by atoms with Gasteiger partial charge in [0.1, 0.15) is 0 Å². The highest BCUT2D eigenvalue weighted by molar-refractivity contribution is 5.26. The third-order valence-electron chi connectivity index (χ3n) is 2.82. The topological polar surface area (TPSA) is 30.5 Å². The highest BCUT2D eigenvalue weighted by atomic mass is 16.5. The number of rotatable bonds is 8. The summed E-state index contributed by atoms with van der Waals surface area (Å²) >= 11 is 0. The van der Waals surface area contributed by atoms with E-state index in [9.17, 15) is 0 Å². The highest BCUT2D eigenvalue weighted by Gasteiger charge is 2.16. The molecule has 1 aromatic carbocycles. The molecule has 0 atom stereocenters. The molecule has 18 heavy (non-hydrogen) atoms. The zero-order valence-corrected chi connectivity index (χ0v) is 12.0. The summed E-state index contributed by atoms with van der Waals surface area (Å²) in [5.74, 6) is 0. The van der Waals surface area contributed by atoms with Gasteiger partial charge in [-0.25, -0.2) is 0 Å². The molecule has 0 radical (unpaired) electrons. The van der Waals surface area contributed by atoms with Gasteiger partial charge in [0.05, 0.1) is 12.2 Å². The summed E-state index contributed by atoms with van der Waals surface area (Å²) < 4.78 is 10.9. The van der Waals surface area contributed by atoms with Crippen molar-refractivity contribution in [2.24, 2.45) is 0 Å². The Morgan fingerprint density at radius 2 is 1.83 bits per heavy atom. The molecular weight excluding hydrogens is 226 g/mol. The Hall–Kier alpha value is -0.900. The Balaban J connectivity index is 2.48. The van der Waals surface area contributed by atoms with E-state index < -0.39 is 0 Å². The quantitative estimate of drug-likeness (QED) is 0.770. The predicted octanol–water partition coefficient (Wildman–Crippen LogP) is 2.74. The van der Waals surface area contributed by atoms with Gasteiger partial charge in [-0.1, -0.05) is 24.3 Å². The Morgan fingerprint density at radius 1 is 1.17 bits per heavy atom. The summed E-state index contributed by atoms with van der Waals surface area (Å²) in [5, 5.41) is 3.45. The molecule has 1 aromatic rings. The molecule has 0 spiro atoms. The third-order valence-corrected chi connectivity index (χ3v) is 2.82. The van der Waals surface area contributed by atoms with Crippen molar-refractivity contribution in [1.29, 1.82) is 0 Å². The first-order valence-corrected chi connectivity index (χ1v) is 6.49. The van der Waals surface area contributed by atoms with E-state index >= 15 is 0 Å². The zero-order valence-electron chi connectivity index (χ0n) is 12.0. The second kappa shape index (κ2) is 7.52. The van der Waals surface area contributed by atoms with Crippen LogP contribution >= 0.6 is 0 Å². The molecule has 1 rings (SSSR count). The van der Waals surface area contributed by atoms with Crippen molar-refractivity contribution in [3.63, 3.8) is 0 Å². The fourth-order valence-electron chi connectivity index (χ4n) is 1.97.